The van der Waals surface area contributed by atoms with E-state index in [1.807, 2.05) is 5.32 Å². The third-order valence-corrected chi connectivity index (χ3v) is 9.43. The van der Waals surface area contributed by atoms with Gasteiger partial charge in [0.1, 0.15) is 6.04 Å². The van der Waals surface area contributed by atoms with Gasteiger partial charge in [-0.3, -0.25) is 4.79 Å². The van der Waals surface area contributed by atoms with Crippen LogP contribution < -0.4 is 10.0 Å². The molecule has 212 valence electrons. The summed E-state index contributed by atoms with van der Waals surface area (Å²) in [5.74, 6) is -0.691. The van der Waals surface area contributed by atoms with Gasteiger partial charge in [0.15, 0.2) is 11.1 Å². The van der Waals surface area contributed by atoms with Crippen molar-refractivity contribution in [2.45, 2.75) is 68.9 Å². The first-order valence-corrected chi connectivity index (χ1v) is 14.0. The van der Waals surface area contributed by atoms with Crippen LogP contribution >= 0.6 is 22.9 Å². The highest BCUT2D eigenvalue weighted by molar-refractivity contribution is 7.89. The number of halogens is 7. The maximum absolute atomic E-state index is 12.9. The van der Waals surface area contributed by atoms with E-state index in [1.54, 1.807) is 4.72 Å². The normalized spacial score (nSPS) is 16.7. The number of thiazole rings is 1. The number of carbonyl (C=O) groups excluding carboxylic acids is 1. The summed E-state index contributed by atoms with van der Waals surface area (Å²) in [7, 11) is -4.60. The number of aliphatic hydroxyl groups is 1. The van der Waals surface area contributed by atoms with Crippen LogP contribution in [-0.4, -0.2) is 55.5 Å². The van der Waals surface area contributed by atoms with Gasteiger partial charge >= 0.3 is 12.4 Å². The lowest BCUT2D eigenvalue weighted by molar-refractivity contribution is -0.201. The molecule has 7 nitrogen and oxygen atoms in total. The molecule has 16 heteroatoms. The van der Waals surface area contributed by atoms with E-state index in [9.17, 15) is 39.6 Å². The second-order valence-electron chi connectivity index (χ2n) is 9.00. The fourth-order valence-electron chi connectivity index (χ4n) is 3.65. The van der Waals surface area contributed by atoms with Crippen molar-refractivity contribution in [1.82, 2.24) is 15.0 Å². The lowest BCUT2D eigenvalue weighted by Gasteiger charge is -2.25. The molecule has 1 aromatic heterocycles. The minimum Gasteiger partial charge on any atom is -0.382 e. The molecule has 3 rings (SSSR count). The van der Waals surface area contributed by atoms with Crippen LogP contribution in [0.1, 0.15) is 47.2 Å². The Kier molecular flexibility index (Phi) is 9.08. The molecular weight excluding hydrogens is 584 g/mol. The Labute approximate surface area is 223 Å². The van der Waals surface area contributed by atoms with E-state index in [1.165, 1.54) is 13.0 Å². The van der Waals surface area contributed by atoms with E-state index >= 15 is 0 Å². The first-order valence-electron chi connectivity index (χ1n) is 11.3. The summed E-state index contributed by atoms with van der Waals surface area (Å²) in [5.41, 5.74) is 0.670. The summed E-state index contributed by atoms with van der Waals surface area (Å²) in [4.78, 5) is 16.7. The molecule has 1 fully saturated rings. The van der Waals surface area contributed by atoms with Gasteiger partial charge in [-0.25, -0.2) is 13.4 Å². The van der Waals surface area contributed by atoms with Crippen molar-refractivity contribution in [2.75, 3.05) is 6.54 Å². The van der Waals surface area contributed by atoms with Crippen LogP contribution in [0.4, 0.5) is 26.3 Å². The van der Waals surface area contributed by atoms with Crippen LogP contribution in [0.15, 0.2) is 17.0 Å². The lowest BCUT2D eigenvalue weighted by atomic mass is 9.82. The Hall–Kier alpha value is -1.94. The fraction of sp³-hybridized carbons (Fsp3) is 0.545. The van der Waals surface area contributed by atoms with E-state index in [4.69, 9.17) is 16.7 Å². The molecule has 0 aliphatic heterocycles. The Morgan fingerprint density at radius 1 is 1.21 bits per heavy atom. The van der Waals surface area contributed by atoms with Gasteiger partial charge in [0.2, 0.25) is 10.0 Å². The van der Waals surface area contributed by atoms with Crippen molar-refractivity contribution in [1.29, 1.82) is 0 Å². The maximum atomic E-state index is 12.9. The van der Waals surface area contributed by atoms with Gasteiger partial charge < -0.3 is 10.4 Å². The highest BCUT2D eigenvalue weighted by Crippen LogP contribution is 2.41. The van der Waals surface area contributed by atoms with Crippen LogP contribution in [0, 0.1) is 12.8 Å². The molecule has 0 spiro atoms. The molecule has 1 aliphatic rings. The molecule has 3 N–H and O–H groups in total. The molecule has 0 saturated heterocycles. The summed E-state index contributed by atoms with van der Waals surface area (Å²) >= 11 is 7.29. The Balaban J connectivity index is 1.96. The average Bonchev–Trinajstić information content (AvgIpc) is 3.18. The van der Waals surface area contributed by atoms with Crippen molar-refractivity contribution < 1.29 is 44.7 Å². The van der Waals surface area contributed by atoms with Gasteiger partial charge in [0.25, 0.3) is 5.91 Å². The Morgan fingerprint density at radius 3 is 2.37 bits per heavy atom. The van der Waals surface area contributed by atoms with Crippen molar-refractivity contribution >= 4 is 38.9 Å². The Morgan fingerprint density at radius 2 is 1.84 bits per heavy atom. The molecule has 1 amide bonds. The number of rotatable bonds is 9. The minimum atomic E-state index is -4.92. The van der Waals surface area contributed by atoms with Crippen LogP contribution in [0.3, 0.4) is 0 Å². The zero-order valence-corrected chi connectivity index (χ0v) is 22.4. The maximum Gasteiger partial charge on any atom is 0.416 e. The second-order valence-corrected chi connectivity index (χ2v) is 12.1. The molecule has 2 atom stereocenters. The van der Waals surface area contributed by atoms with Crippen molar-refractivity contribution in [2.24, 2.45) is 5.92 Å². The van der Waals surface area contributed by atoms with E-state index in [0.29, 0.717) is 23.9 Å². The summed E-state index contributed by atoms with van der Waals surface area (Å²) in [6.07, 6.45) is -9.24. The number of nitrogens with zero attached hydrogens (tertiary/aromatic N) is 1. The van der Waals surface area contributed by atoms with E-state index in [-0.39, 0.29) is 27.1 Å². The molecule has 2 aromatic rings. The number of carbonyl (C=O) groups is 1. The molecular formula is C22H24ClF6N3O4S2. The minimum absolute atomic E-state index is 0.0339. The van der Waals surface area contributed by atoms with E-state index in [0.717, 1.165) is 36.7 Å². The molecule has 0 radical (unpaired) electrons. The number of alkyl halides is 6. The predicted octanol–water partition coefficient (Wildman–Crippen LogP) is 5.00. The summed E-state index contributed by atoms with van der Waals surface area (Å²) < 4.78 is 103. The number of nitrogens with one attached hydrogen (secondary N) is 2. The predicted molar refractivity (Wildman–Crippen MR) is 129 cm³/mol. The van der Waals surface area contributed by atoms with Crippen molar-refractivity contribution in [3.8, 4) is 10.4 Å². The molecule has 1 aromatic carbocycles. The largest absolute Gasteiger partial charge is 0.416 e. The number of aromatic nitrogens is 1. The molecule has 1 aliphatic carbocycles. The molecule has 38 heavy (non-hydrogen) atoms. The number of hydrogen-bond donors (Lipinski definition) is 3. The summed E-state index contributed by atoms with van der Waals surface area (Å²) in [6, 6.07) is 0.0291. The number of sulfonamides is 1. The SMILES string of the molecule is Cc1c(S(=O)(=O)N[C@@H](C)C(F)(F)F)ccc(-c2sc(C(=O)NC[C@H](O)C(F)(F)F)nc2CC2CCC2)c1Cl. The third kappa shape index (κ3) is 6.97. The molecule has 1 saturated carbocycles. The monoisotopic (exact) mass is 607 g/mol. The second kappa shape index (κ2) is 11.3. The van der Waals surface area contributed by atoms with Crippen molar-refractivity contribution in [3.05, 3.63) is 33.4 Å². The van der Waals surface area contributed by atoms with Gasteiger partial charge in [-0.1, -0.05) is 36.9 Å². The highest BCUT2D eigenvalue weighted by Gasteiger charge is 2.40. The number of hydrogen-bond acceptors (Lipinski definition) is 6. The zero-order chi connectivity index (χ0) is 28.6. The Bertz CT molecular complexity index is 1290. The van der Waals surface area contributed by atoms with Gasteiger partial charge in [-0.05, 0) is 37.8 Å². The smallest absolute Gasteiger partial charge is 0.382 e. The van der Waals surface area contributed by atoms with Gasteiger partial charge in [0.05, 0.1) is 27.0 Å². The first kappa shape index (κ1) is 30.6. The van der Waals surface area contributed by atoms with Gasteiger partial charge in [-0.15, -0.1) is 11.3 Å². The molecule has 1 heterocycles. The molecule has 0 unspecified atom stereocenters. The first-order chi connectivity index (χ1) is 17.4. The number of amides is 1. The quantitative estimate of drug-likeness (QED) is 0.348. The standard InChI is InChI=1S/C22H24ClF6N3O4S2/c1-10-15(38(35,36)32-11(2)21(24,25)26)7-6-13(17(10)23)18-14(8-12-4-3-5-12)31-20(37-18)19(34)30-9-16(33)22(27,28)29/h6-7,11-12,16,32-33H,3-5,8-9H2,1-2H3,(H,30,34)/t11-,16-/m0/s1. The van der Waals surface area contributed by atoms with Gasteiger partial charge in [-0.2, -0.15) is 31.1 Å². The molecule has 0 bridgehead atoms. The summed E-state index contributed by atoms with van der Waals surface area (Å²) in [5, 5.41) is 10.9. The van der Waals surface area contributed by atoms with Gasteiger partial charge in [0, 0.05) is 5.56 Å². The van der Waals surface area contributed by atoms with E-state index < -0.39 is 51.9 Å². The lowest BCUT2D eigenvalue weighted by Crippen LogP contribution is -2.43. The fourth-order valence-corrected chi connectivity index (χ4v) is 6.54. The summed E-state index contributed by atoms with van der Waals surface area (Å²) in [6.45, 7) is 0.898. The zero-order valence-electron chi connectivity index (χ0n) is 20.0. The third-order valence-electron chi connectivity index (χ3n) is 6.13. The van der Waals surface area contributed by atoms with Crippen LogP contribution in [-0.2, 0) is 16.4 Å². The van der Waals surface area contributed by atoms with Crippen LogP contribution in [0.25, 0.3) is 10.4 Å². The van der Waals surface area contributed by atoms with Crippen molar-refractivity contribution in [3.63, 3.8) is 0 Å². The average molecular weight is 608 g/mol. The number of aliphatic hydroxyl groups excluding tert-OH is 1. The van der Waals surface area contributed by atoms with Crippen LogP contribution in [0.5, 0.6) is 0 Å². The number of benzene rings is 1. The topological polar surface area (TPSA) is 108 Å². The van der Waals surface area contributed by atoms with E-state index in [2.05, 4.69) is 4.98 Å². The highest BCUT2D eigenvalue weighted by atomic mass is 35.5. The van der Waals surface area contributed by atoms with Crippen LogP contribution in [0.2, 0.25) is 5.02 Å².